The van der Waals surface area contributed by atoms with Crippen LogP contribution < -0.4 is 5.49 Å². The summed E-state index contributed by atoms with van der Waals surface area (Å²) in [5.74, 6) is -0.492. The normalized spacial score (nSPS) is 12.3. The van der Waals surface area contributed by atoms with Crippen molar-refractivity contribution in [2.45, 2.75) is 19.9 Å². The Hall–Kier alpha value is -2.49. The van der Waals surface area contributed by atoms with Gasteiger partial charge in [-0.2, -0.15) is 0 Å². The van der Waals surface area contributed by atoms with Crippen LogP contribution in [0.2, 0.25) is 0 Å². The summed E-state index contributed by atoms with van der Waals surface area (Å²) in [5.41, 5.74) is 1.38. The van der Waals surface area contributed by atoms with Crippen LogP contribution >= 0.6 is 0 Å². The molecule has 0 unspecified atom stereocenters. The maximum Gasteiger partial charge on any atom is 0.256 e. The van der Waals surface area contributed by atoms with E-state index < -0.39 is 0 Å². The largest absolute Gasteiger partial charge is 0.269 e. The van der Waals surface area contributed by atoms with E-state index in [-0.39, 0.29) is 17.8 Å². The van der Waals surface area contributed by atoms with Crippen molar-refractivity contribution in [3.63, 3.8) is 0 Å². The van der Waals surface area contributed by atoms with Crippen LogP contribution in [0, 0.1) is 5.82 Å². The summed E-state index contributed by atoms with van der Waals surface area (Å²) in [6.07, 6.45) is 4.78. The number of carbonyl (C=O) groups excluding carboxylic acids is 1. The Morgan fingerprint density at radius 1 is 1.19 bits per heavy atom. The minimum absolute atomic E-state index is 0.104. The molecule has 1 aromatic carbocycles. The molecule has 0 atom stereocenters. The monoisotopic (exact) mass is 284 g/mol. The predicted molar refractivity (Wildman–Crippen MR) is 81.2 cm³/mol. The molecule has 0 aliphatic heterocycles. The molecule has 0 fully saturated rings. The SMILES string of the molecule is CC(C)N=c1ccccn1C(=O)/C=C/c1ccc(F)cc1. The van der Waals surface area contributed by atoms with Gasteiger partial charge in [0, 0.05) is 18.3 Å². The van der Waals surface area contributed by atoms with Crippen LogP contribution in [0.5, 0.6) is 0 Å². The number of nitrogens with zero attached hydrogens (tertiary/aromatic N) is 2. The van der Waals surface area contributed by atoms with Crippen molar-refractivity contribution >= 4 is 12.0 Å². The summed E-state index contributed by atoms with van der Waals surface area (Å²) in [5, 5.41) is 0. The first-order valence-corrected chi connectivity index (χ1v) is 6.76. The first-order chi connectivity index (χ1) is 10.1. The van der Waals surface area contributed by atoms with Crippen LogP contribution in [0.1, 0.15) is 24.2 Å². The molecular weight excluding hydrogens is 267 g/mol. The highest BCUT2D eigenvalue weighted by atomic mass is 19.1. The summed E-state index contributed by atoms with van der Waals surface area (Å²) >= 11 is 0. The van der Waals surface area contributed by atoms with Gasteiger partial charge >= 0.3 is 0 Å². The molecule has 0 saturated carbocycles. The van der Waals surface area contributed by atoms with Crippen LogP contribution in [0.25, 0.3) is 6.08 Å². The van der Waals surface area contributed by atoms with Crippen LogP contribution in [0.15, 0.2) is 59.7 Å². The summed E-state index contributed by atoms with van der Waals surface area (Å²) in [4.78, 5) is 16.6. The van der Waals surface area contributed by atoms with Crippen molar-refractivity contribution in [3.05, 3.63) is 71.6 Å². The van der Waals surface area contributed by atoms with Crippen molar-refractivity contribution in [3.8, 4) is 0 Å². The lowest BCUT2D eigenvalue weighted by molar-refractivity contribution is 0.0964. The highest BCUT2D eigenvalue weighted by molar-refractivity contribution is 5.93. The topological polar surface area (TPSA) is 34.4 Å². The fourth-order valence-corrected chi connectivity index (χ4v) is 1.81. The maximum atomic E-state index is 12.8. The second-order valence-electron chi connectivity index (χ2n) is 4.87. The third-order valence-corrected chi connectivity index (χ3v) is 2.75. The molecule has 108 valence electrons. The molecule has 2 aromatic rings. The highest BCUT2D eigenvalue weighted by Crippen LogP contribution is 2.04. The Bertz CT molecular complexity index is 712. The van der Waals surface area contributed by atoms with Crippen molar-refractivity contribution in [2.75, 3.05) is 0 Å². The zero-order valence-corrected chi connectivity index (χ0v) is 12.0. The Morgan fingerprint density at radius 3 is 2.57 bits per heavy atom. The zero-order chi connectivity index (χ0) is 15.2. The van der Waals surface area contributed by atoms with Crippen molar-refractivity contribution in [1.29, 1.82) is 0 Å². The second-order valence-corrected chi connectivity index (χ2v) is 4.87. The van der Waals surface area contributed by atoms with Gasteiger partial charge in [-0.3, -0.25) is 14.4 Å². The molecule has 1 heterocycles. The van der Waals surface area contributed by atoms with E-state index >= 15 is 0 Å². The average molecular weight is 284 g/mol. The van der Waals surface area contributed by atoms with Gasteiger partial charge in [-0.15, -0.1) is 0 Å². The van der Waals surface area contributed by atoms with Gasteiger partial charge in [-0.05, 0) is 49.8 Å². The molecule has 0 bridgehead atoms. The predicted octanol–water partition coefficient (Wildman–Crippen LogP) is 3.29. The van der Waals surface area contributed by atoms with Crippen LogP contribution in [0.4, 0.5) is 4.39 Å². The highest BCUT2D eigenvalue weighted by Gasteiger charge is 2.01. The summed E-state index contributed by atoms with van der Waals surface area (Å²) in [6, 6.07) is 11.5. The number of carbonyl (C=O) groups is 1. The molecule has 2 rings (SSSR count). The van der Waals surface area contributed by atoms with Gasteiger partial charge in [0.2, 0.25) is 0 Å². The van der Waals surface area contributed by atoms with Gasteiger partial charge in [-0.1, -0.05) is 18.2 Å². The number of hydrogen-bond acceptors (Lipinski definition) is 2. The van der Waals surface area contributed by atoms with Crippen LogP contribution in [-0.4, -0.2) is 16.5 Å². The molecule has 0 amide bonds. The zero-order valence-electron chi connectivity index (χ0n) is 12.0. The molecule has 3 nitrogen and oxygen atoms in total. The number of rotatable bonds is 3. The molecule has 0 N–H and O–H groups in total. The van der Waals surface area contributed by atoms with E-state index in [1.807, 2.05) is 19.9 Å². The van der Waals surface area contributed by atoms with Gasteiger partial charge in [-0.25, -0.2) is 4.39 Å². The van der Waals surface area contributed by atoms with Gasteiger partial charge in [0.25, 0.3) is 5.91 Å². The van der Waals surface area contributed by atoms with E-state index in [0.717, 1.165) is 5.56 Å². The third-order valence-electron chi connectivity index (χ3n) is 2.75. The summed E-state index contributed by atoms with van der Waals surface area (Å²) in [6.45, 7) is 3.91. The molecule has 21 heavy (non-hydrogen) atoms. The quantitative estimate of drug-likeness (QED) is 0.796. The van der Waals surface area contributed by atoms with Gasteiger partial charge < -0.3 is 0 Å². The molecule has 0 saturated heterocycles. The van der Waals surface area contributed by atoms with Crippen LogP contribution in [-0.2, 0) is 0 Å². The minimum atomic E-state index is -0.297. The maximum absolute atomic E-state index is 12.8. The van der Waals surface area contributed by atoms with E-state index in [4.69, 9.17) is 0 Å². The fourth-order valence-electron chi connectivity index (χ4n) is 1.81. The number of benzene rings is 1. The smallest absolute Gasteiger partial charge is 0.256 e. The van der Waals surface area contributed by atoms with Crippen molar-refractivity contribution in [2.24, 2.45) is 4.99 Å². The fraction of sp³-hybridized carbons (Fsp3) is 0.176. The molecule has 0 aliphatic carbocycles. The number of aromatic nitrogens is 1. The lowest BCUT2D eigenvalue weighted by Crippen LogP contribution is -2.26. The van der Waals surface area contributed by atoms with E-state index in [1.54, 1.807) is 36.5 Å². The Kier molecular flexibility index (Phi) is 4.82. The lowest BCUT2D eigenvalue weighted by Gasteiger charge is -2.04. The van der Waals surface area contributed by atoms with Crippen molar-refractivity contribution in [1.82, 2.24) is 4.57 Å². The molecule has 4 heteroatoms. The molecule has 0 spiro atoms. The molecule has 1 aromatic heterocycles. The van der Waals surface area contributed by atoms with Gasteiger partial charge in [0.05, 0.1) is 0 Å². The van der Waals surface area contributed by atoms with Crippen LogP contribution in [0.3, 0.4) is 0 Å². The Labute approximate surface area is 123 Å². The van der Waals surface area contributed by atoms with E-state index in [9.17, 15) is 9.18 Å². The molecule has 0 radical (unpaired) electrons. The number of pyridine rings is 1. The Morgan fingerprint density at radius 2 is 1.90 bits per heavy atom. The summed E-state index contributed by atoms with van der Waals surface area (Å²) < 4.78 is 14.3. The first kappa shape index (κ1) is 14.9. The second kappa shape index (κ2) is 6.79. The summed E-state index contributed by atoms with van der Waals surface area (Å²) in [7, 11) is 0. The van der Waals surface area contributed by atoms with Gasteiger partial charge in [0.1, 0.15) is 11.3 Å². The van der Waals surface area contributed by atoms with E-state index in [0.29, 0.717) is 5.49 Å². The van der Waals surface area contributed by atoms with E-state index in [2.05, 4.69) is 4.99 Å². The van der Waals surface area contributed by atoms with Crippen molar-refractivity contribution < 1.29 is 9.18 Å². The Balaban J connectivity index is 2.27. The van der Waals surface area contributed by atoms with E-state index in [1.165, 1.54) is 22.8 Å². The van der Waals surface area contributed by atoms with Gasteiger partial charge in [0.15, 0.2) is 0 Å². The molecular formula is C17H17FN2O. The third kappa shape index (κ3) is 4.24. The minimum Gasteiger partial charge on any atom is -0.269 e. The number of halogens is 1. The number of allylic oxidation sites excluding steroid dienone is 1. The first-order valence-electron chi connectivity index (χ1n) is 6.76. The average Bonchev–Trinajstić information content (AvgIpc) is 2.46. The molecule has 0 aliphatic rings. The lowest BCUT2D eigenvalue weighted by atomic mass is 10.2. The standard InChI is InChI=1S/C17H17FN2O/c1-13(2)19-16-5-3-4-12-20(16)17(21)11-8-14-6-9-15(18)10-7-14/h3-13H,1-2H3/b11-8+,19-16?. The number of hydrogen-bond donors (Lipinski definition) is 0.